The summed E-state index contributed by atoms with van der Waals surface area (Å²) < 4.78 is 40.6. The van der Waals surface area contributed by atoms with Crippen LogP contribution in [0.1, 0.15) is 5.56 Å². The van der Waals surface area contributed by atoms with Crippen molar-refractivity contribution in [2.24, 2.45) is 0 Å². The van der Waals surface area contributed by atoms with E-state index >= 15 is 0 Å². The van der Waals surface area contributed by atoms with Gasteiger partial charge in [-0.1, -0.05) is 29.3 Å². The lowest BCUT2D eigenvalue weighted by Crippen LogP contribution is -2.15. The molecular formula is C14H9ClFIN2O2S. The van der Waals surface area contributed by atoms with Crippen molar-refractivity contribution < 1.29 is 12.8 Å². The molecule has 22 heavy (non-hydrogen) atoms. The number of hydrogen-bond acceptors (Lipinski definition) is 3. The van der Waals surface area contributed by atoms with E-state index in [-0.39, 0.29) is 21.0 Å². The SMILES string of the molecule is Cc1ccc(S(=O)(=O)n2c(I)cc3c(Cl)c(F)cnc32)cc1. The quantitative estimate of drug-likeness (QED) is 0.555. The first-order chi connectivity index (χ1) is 10.3. The molecule has 0 fully saturated rings. The van der Waals surface area contributed by atoms with Gasteiger partial charge in [0.05, 0.1) is 19.8 Å². The molecule has 0 N–H and O–H groups in total. The number of pyridine rings is 1. The van der Waals surface area contributed by atoms with E-state index in [0.29, 0.717) is 3.70 Å². The number of aryl methyl sites for hydroxylation is 1. The Morgan fingerprint density at radius 1 is 1.27 bits per heavy atom. The highest BCUT2D eigenvalue weighted by molar-refractivity contribution is 14.1. The Morgan fingerprint density at radius 2 is 1.91 bits per heavy atom. The summed E-state index contributed by atoms with van der Waals surface area (Å²) in [7, 11) is -3.83. The molecular weight excluding hydrogens is 442 g/mol. The Kier molecular flexibility index (Phi) is 3.90. The van der Waals surface area contributed by atoms with Crippen molar-refractivity contribution in [2.45, 2.75) is 11.8 Å². The van der Waals surface area contributed by atoms with E-state index in [4.69, 9.17) is 11.6 Å². The lowest BCUT2D eigenvalue weighted by atomic mass is 10.2. The molecule has 0 unspecified atom stereocenters. The van der Waals surface area contributed by atoms with E-state index in [1.165, 1.54) is 18.2 Å². The minimum Gasteiger partial charge on any atom is -0.234 e. The Labute approximate surface area is 145 Å². The molecule has 0 spiro atoms. The molecule has 3 rings (SSSR count). The molecule has 8 heteroatoms. The number of halogens is 3. The predicted molar refractivity (Wildman–Crippen MR) is 91.2 cm³/mol. The summed E-state index contributed by atoms with van der Waals surface area (Å²) in [4.78, 5) is 4.03. The van der Waals surface area contributed by atoms with Gasteiger partial charge in [-0.05, 0) is 47.7 Å². The molecule has 114 valence electrons. The highest BCUT2D eigenvalue weighted by Crippen LogP contribution is 2.31. The molecule has 0 bridgehead atoms. The maximum Gasteiger partial charge on any atom is 0.270 e. The van der Waals surface area contributed by atoms with Crippen LogP contribution in [0, 0.1) is 16.4 Å². The van der Waals surface area contributed by atoms with Gasteiger partial charge in [-0.2, -0.15) is 0 Å². The summed E-state index contributed by atoms with van der Waals surface area (Å²) in [5, 5.41) is 0.127. The third-order valence-corrected chi connectivity index (χ3v) is 6.42. The first-order valence-corrected chi connectivity index (χ1v) is 9.05. The van der Waals surface area contributed by atoms with Crippen LogP contribution in [-0.4, -0.2) is 17.4 Å². The fourth-order valence-corrected chi connectivity index (χ4v) is 4.94. The number of hydrogen-bond donors (Lipinski definition) is 0. The van der Waals surface area contributed by atoms with Crippen LogP contribution in [0.2, 0.25) is 5.02 Å². The van der Waals surface area contributed by atoms with Gasteiger partial charge < -0.3 is 0 Å². The van der Waals surface area contributed by atoms with Gasteiger partial charge in [0.25, 0.3) is 10.0 Å². The molecule has 1 aromatic carbocycles. The summed E-state index contributed by atoms with van der Waals surface area (Å²) in [5.41, 5.74) is 1.06. The zero-order valence-electron chi connectivity index (χ0n) is 11.2. The largest absolute Gasteiger partial charge is 0.270 e. The number of fused-ring (bicyclic) bond motifs is 1. The first-order valence-electron chi connectivity index (χ1n) is 6.15. The van der Waals surface area contributed by atoms with Crippen LogP contribution in [-0.2, 0) is 10.0 Å². The zero-order chi connectivity index (χ0) is 16.1. The second-order valence-corrected chi connectivity index (χ2v) is 7.98. The topological polar surface area (TPSA) is 52.0 Å². The Hall–Kier alpha value is -1.19. The summed E-state index contributed by atoms with van der Waals surface area (Å²) in [6, 6.07) is 7.98. The van der Waals surface area contributed by atoms with Crippen LogP contribution in [0.5, 0.6) is 0 Å². The highest BCUT2D eigenvalue weighted by atomic mass is 127. The van der Waals surface area contributed by atoms with Gasteiger partial charge in [-0.3, -0.25) is 0 Å². The first kappa shape index (κ1) is 15.7. The normalized spacial score (nSPS) is 12.0. The van der Waals surface area contributed by atoms with Crippen LogP contribution < -0.4 is 0 Å². The van der Waals surface area contributed by atoms with Crippen molar-refractivity contribution in [3.8, 4) is 0 Å². The van der Waals surface area contributed by atoms with Crippen molar-refractivity contribution in [3.05, 3.63) is 56.6 Å². The lowest BCUT2D eigenvalue weighted by Gasteiger charge is -2.09. The van der Waals surface area contributed by atoms with Gasteiger partial charge in [-0.15, -0.1) is 0 Å². The van der Waals surface area contributed by atoms with E-state index in [1.54, 1.807) is 12.1 Å². The highest BCUT2D eigenvalue weighted by Gasteiger charge is 2.24. The van der Waals surface area contributed by atoms with E-state index in [0.717, 1.165) is 15.7 Å². The lowest BCUT2D eigenvalue weighted by molar-refractivity contribution is 0.587. The van der Waals surface area contributed by atoms with Gasteiger partial charge in [0, 0.05) is 5.39 Å². The van der Waals surface area contributed by atoms with Crippen molar-refractivity contribution in [1.29, 1.82) is 0 Å². The second kappa shape index (κ2) is 5.47. The van der Waals surface area contributed by atoms with E-state index in [2.05, 4.69) is 4.98 Å². The fourth-order valence-electron chi connectivity index (χ4n) is 2.08. The third kappa shape index (κ3) is 2.40. The van der Waals surface area contributed by atoms with Gasteiger partial charge in [0.1, 0.15) is 0 Å². The second-order valence-electron chi connectivity index (χ2n) is 4.71. The van der Waals surface area contributed by atoms with Crippen LogP contribution >= 0.6 is 34.2 Å². The number of aromatic nitrogens is 2. The van der Waals surface area contributed by atoms with E-state index < -0.39 is 15.8 Å². The maximum atomic E-state index is 13.5. The third-order valence-electron chi connectivity index (χ3n) is 3.20. The summed E-state index contributed by atoms with van der Waals surface area (Å²) in [6.45, 7) is 1.87. The average molecular weight is 451 g/mol. The summed E-state index contributed by atoms with van der Waals surface area (Å²) in [6.07, 6.45) is 0.919. The molecule has 0 aliphatic heterocycles. The average Bonchev–Trinajstić information content (AvgIpc) is 2.81. The smallest absolute Gasteiger partial charge is 0.234 e. The summed E-state index contributed by atoms with van der Waals surface area (Å²) >= 11 is 7.77. The zero-order valence-corrected chi connectivity index (χ0v) is 14.9. The molecule has 0 atom stereocenters. The van der Waals surface area contributed by atoms with E-state index in [1.807, 2.05) is 29.5 Å². The molecule has 0 aliphatic carbocycles. The van der Waals surface area contributed by atoms with Crippen molar-refractivity contribution in [2.75, 3.05) is 0 Å². The van der Waals surface area contributed by atoms with Crippen molar-refractivity contribution in [1.82, 2.24) is 8.96 Å². The molecule has 0 amide bonds. The molecule has 0 saturated carbocycles. The van der Waals surface area contributed by atoms with Gasteiger partial charge in [-0.25, -0.2) is 21.8 Å². The Bertz CT molecular complexity index is 984. The van der Waals surface area contributed by atoms with Crippen molar-refractivity contribution >= 4 is 55.2 Å². The van der Waals surface area contributed by atoms with Crippen LogP contribution in [0.4, 0.5) is 4.39 Å². The predicted octanol–water partition coefficient (Wildman–Crippen LogP) is 3.98. The molecule has 2 heterocycles. The minimum absolute atomic E-state index is 0.108. The number of nitrogens with zero attached hydrogens (tertiary/aromatic N) is 2. The monoisotopic (exact) mass is 450 g/mol. The molecule has 0 aliphatic rings. The molecule has 2 aromatic heterocycles. The number of benzene rings is 1. The number of rotatable bonds is 2. The maximum absolute atomic E-state index is 13.5. The molecule has 4 nitrogen and oxygen atoms in total. The van der Waals surface area contributed by atoms with Crippen LogP contribution in [0.3, 0.4) is 0 Å². The van der Waals surface area contributed by atoms with Gasteiger partial charge in [0.2, 0.25) is 0 Å². The standard InChI is InChI=1S/C14H9ClFIN2O2S/c1-8-2-4-9(5-3-8)22(20,21)19-12(17)6-10-13(15)11(16)7-18-14(10)19/h2-7H,1H3. The van der Waals surface area contributed by atoms with Crippen molar-refractivity contribution in [3.63, 3.8) is 0 Å². The minimum atomic E-state index is -3.83. The van der Waals surface area contributed by atoms with Gasteiger partial charge in [0.15, 0.2) is 11.5 Å². The van der Waals surface area contributed by atoms with Crippen LogP contribution in [0.25, 0.3) is 11.0 Å². The van der Waals surface area contributed by atoms with Crippen LogP contribution in [0.15, 0.2) is 41.4 Å². The molecule has 0 radical (unpaired) electrons. The van der Waals surface area contributed by atoms with E-state index in [9.17, 15) is 12.8 Å². The summed E-state index contributed by atoms with van der Waals surface area (Å²) in [5.74, 6) is -0.685. The Balaban J connectivity index is 2.32. The Morgan fingerprint density at radius 3 is 2.55 bits per heavy atom. The molecule has 3 aromatic rings. The van der Waals surface area contributed by atoms with Gasteiger partial charge >= 0.3 is 0 Å². The molecule has 0 saturated heterocycles. The fraction of sp³-hybridized carbons (Fsp3) is 0.0714.